The normalized spacial score (nSPS) is 25.6. The maximum atomic E-state index is 11.9. The molecule has 5 heteroatoms. The molecule has 0 aromatic heterocycles. The molecule has 2 atom stereocenters. The van der Waals surface area contributed by atoms with Crippen molar-refractivity contribution < 1.29 is 35.8 Å². The molecule has 0 unspecified atom stereocenters. The second-order valence-corrected chi connectivity index (χ2v) is 8.62. The first kappa shape index (κ1) is 28.0. The number of fused-ring (bicyclic) bond motifs is 1. The molecule has 31 heavy (non-hydrogen) atoms. The van der Waals surface area contributed by atoms with Gasteiger partial charge in [0.05, 0.1) is 14.2 Å². The van der Waals surface area contributed by atoms with E-state index in [0.29, 0.717) is 5.92 Å². The van der Waals surface area contributed by atoms with Crippen molar-refractivity contribution in [3.63, 3.8) is 0 Å². The SMILES string of the molecule is COC(=O)C(C(=O)OC)[C@@H]1C=CC=C2CCCC[C@H]2C1.C[C]1[C](C)[C](C)[C](C)[C]1C.[Co]. The van der Waals surface area contributed by atoms with Crippen molar-refractivity contribution >= 4 is 11.9 Å². The predicted octanol–water partition coefficient (Wildman–Crippen LogP) is 5.61. The zero-order chi connectivity index (χ0) is 22.4. The molecule has 3 rings (SSSR count). The summed E-state index contributed by atoms with van der Waals surface area (Å²) >= 11 is 0. The Morgan fingerprint density at radius 3 is 1.81 bits per heavy atom. The molecule has 6 radical (unpaired) electrons. The quantitative estimate of drug-likeness (QED) is 0.396. The summed E-state index contributed by atoms with van der Waals surface area (Å²) in [6.45, 7) is 11.0. The zero-order valence-corrected chi connectivity index (χ0v) is 21.0. The fourth-order valence-electron chi connectivity index (χ4n) is 4.68. The van der Waals surface area contributed by atoms with Crippen molar-refractivity contribution in [3.05, 3.63) is 53.4 Å². The summed E-state index contributed by atoms with van der Waals surface area (Å²) in [5.74, 6) is 5.80. The number of hydrogen-bond acceptors (Lipinski definition) is 4. The van der Waals surface area contributed by atoms with Gasteiger partial charge in [-0.25, -0.2) is 0 Å². The van der Waals surface area contributed by atoms with Gasteiger partial charge in [-0.3, -0.25) is 9.59 Å². The Kier molecular flexibility index (Phi) is 11.6. The molecule has 0 saturated heterocycles. The number of rotatable bonds is 3. The van der Waals surface area contributed by atoms with E-state index in [9.17, 15) is 9.59 Å². The van der Waals surface area contributed by atoms with Crippen LogP contribution >= 0.6 is 0 Å². The second-order valence-electron chi connectivity index (χ2n) is 8.62. The third-order valence-corrected chi connectivity index (χ3v) is 7.17. The van der Waals surface area contributed by atoms with E-state index < -0.39 is 17.9 Å². The van der Waals surface area contributed by atoms with Gasteiger partial charge in [-0.15, -0.1) is 0 Å². The van der Waals surface area contributed by atoms with Crippen molar-refractivity contribution in [3.8, 4) is 0 Å². The molecule has 4 nitrogen and oxygen atoms in total. The number of allylic oxidation sites excluding steroid dienone is 4. The van der Waals surface area contributed by atoms with Crippen LogP contribution in [0.25, 0.3) is 0 Å². The molecule has 0 aliphatic heterocycles. The maximum absolute atomic E-state index is 11.9. The average molecular weight is 473 g/mol. The van der Waals surface area contributed by atoms with Crippen LogP contribution < -0.4 is 0 Å². The molecule has 0 aromatic rings. The number of carbonyl (C=O) groups excluding carboxylic acids is 2. The molecule has 2 saturated carbocycles. The Hall–Kier alpha value is -1.07. The fourth-order valence-corrected chi connectivity index (χ4v) is 4.68. The Bertz CT molecular complexity index is 595. The van der Waals surface area contributed by atoms with E-state index in [1.54, 1.807) is 0 Å². The van der Waals surface area contributed by atoms with Crippen LogP contribution in [0.2, 0.25) is 0 Å². The Morgan fingerprint density at radius 2 is 1.35 bits per heavy atom. The zero-order valence-electron chi connectivity index (χ0n) is 20.0. The van der Waals surface area contributed by atoms with Crippen LogP contribution in [0.15, 0.2) is 23.8 Å². The van der Waals surface area contributed by atoms with Gasteiger partial charge in [0.25, 0.3) is 0 Å². The summed E-state index contributed by atoms with van der Waals surface area (Å²) in [7, 11) is 2.62. The van der Waals surface area contributed by atoms with E-state index in [4.69, 9.17) is 9.47 Å². The molecule has 0 N–H and O–H groups in total. The Balaban J connectivity index is 0.000000370. The molecule has 174 valence electrons. The van der Waals surface area contributed by atoms with E-state index in [-0.39, 0.29) is 22.7 Å². The van der Waals surface area contributed by atoms with Gasteiger partial charge in [-0.2, -0.15) is 0 Å². The molecule has 3 aliphatic rings. The van der Waals surface area contributed by atoms with Crippen LogP contribution in [-0.2, 0) is 35.8 Å². The number of esters is 2. The van der Waals surface area contributed by atoms with Crippen LogP contribution in [-0.4, -0.2) is 26.2 Å². The van der Waals surface area contributed by atoms with Crippen LogP contribution in [0, 0.1) is 47.3 Å². The summed E-state index contributed by atoms with van der Waals surface area (Å²) in [6.07, 6.45) is 11.6. The van der Waals surface area contributed by atoms with Crippen LogP contribution in [0.3, 0.4) is 0 Å². The molecule has 2 fully saturated rings. The molecule has 0 aromatic carbocycles. The van der Waals surface area contributed by atoms with Crippen molar-refractivity contribution in [2.45, 2.75) is 66.7 Å². The number of carbonyl (C=O) groups is 2. The Labute approximate surface area is 199 Å². The third-order valence-electron chi connectivity index (χ3n) is 7.17. The summed E-state index contributed by atoms with van der Waals surface area (Å²) in [5, 5.41) is 0. The summed E-state index contributed by atoms with van der Waals surface area (Å²) in [4.78, 5) is 23.8. The van der Waals surface area contributed by atoms with E-state index in [1.807, 2.05) is 12.2 Å². The van der Waals surface area contributed by atoms with Gasteiger partial charge in [-0.05, 0) is 61.2 Å². The third kappa shape index (κ3) is 6.71. The molecule has 0 heterocycles. The first-order valence-electron chi connectivity index (χ1n) is 10.9. The van der Waals surface area contributed by atoms with Gasteiger partial charge in [0, 0.05) is 22.7 Å². The minimum absolute atomic E-state index is 0. The Morgan fingerprint density at radius 1 is 0.871 bits per heavy atom. The standard InChI is InChI=1S/C16H22O4.C10H15.Co/c1-19-15(17)14(16(18)20-2)13-9-5-8-11-6-3-4-7-12(11)10-13;1-6-7(2)9(4)10(5)8(6)3;/h5,8-9,12-14H,3-4,6-7,10H2,1-2H3;1-5H3;/t12-,13+;;/m0../s1. The average Bonchev–Trinajstić information content (AvgIpc) is 2.93. The summed E-state index contributed by atoms with van der Waals surface area (Å²) < 4.78 is 9.55. The first-order valence-corrected chi connectivity index (χ1v) is 10.9. The van der Waals surface area contributed by atoms with E-state index >= 15 is 0 Å². The second kappa shape index (κ2) is 12.8. The minimum Gasteiger partial charge on any atom is -0.468 e. The fraction of sp³-hybridized carbons (Fsp3) is 0.577. The summed E-state index contributed by atoms with van der Waals surface area (Å²) in [6, 6.07) is 0. The van der Waals surface area contributed by atoms with Crippen molar-refractivity contribution in [1.29, 1.82) is 0 Å². The van der Waals surface area contributed by atoms with Gasteiger partial charge in [-0.1, -0.05) is 64.8 Å². The van der Waals surface area contributed by atoms with Crippen molar-refractivity contribution in [2.24, 2.45) is 17.8 Å². The van der Waals surface area contributed by atoms with Crippen LogP contribution in [0.1, 0.15) is 66.7 Å². The van der Waals surface area contributed by atoms with Crippen LogP contribution in [0.5, 0.6) is 0 Å². The van der Waals surface area contributed by atoms with Gasteiger partial charge < -0.3 is 9.47 Å². The molecule has 0 amide bonds. The topological polar surface area (TPSA) is 52.6 Å². The monoisotopic (exact) mass is 472 g/mol. The molecule has 0 bridgehead atoms. The van der Waals surface area contributed by atoms with Crippen molar-refractivity contribution in [2.75, 3.05) is 14.2 Å². The first-order chi connectivity index (χ1) is 14.2. The van der Waals surface area contributed by atoms with Crippen LogP contribution in [0.4, 0.5) is 0 Å². The largest absolute Gasteiger partial charge is 0.468 e. The number of hydrogen-bond donors (Lipinski definition) is 0. The molecular weight excluding hydrogens is 435 g/mol. The number of ether oxygens (including phenoxy) is 2. The maximum Gasteiger partial charge on any atom is 0.320 e. The van der Waals surface area contributed by atoms with Gasteiger partial charge in [0.1, 0.15) is 0 Å². The van der Waals surface area contributed by atoms with Gasteiger partial charge >= 0.3 is 11.9 Å². The van der Waals surface area contributed by atoms with Crippen molar-refractivity contribution in [1.82, 2.24) is 0 Å². The molecule has 0 spiro atoms. The minimum atomic E-state index is -0.851. The molecular formula is C26H37CoO4. The number of methoxy groups -OCH3 is 2. The van der Waals surface area contributed by atoms with E-state index in [1.165, 1.54) is 62.2 Å². The van der Waals surface area contributed by atoms with E-state index in [0.717, 1.165) is 19.3 Å². The van der Waals surface area contributed by atoms with Gasteiger partial charge in [0.2, 0.25) is 0 Å². The predicted molar refractivity (Wildman–Crippen MR) is 119 cm³/mol. The van der Waals surface area contributed by atoms with E-state index in [2.05, 4.69) is 40.7 Å². The molecule has 3 aliphatic carbocycles. The smallest absolute Gasteiger partial charge is 0.320 e. The van der Waals surface area contributed by atoms with Gasteiger partial charge in [0.15, 0.2) is 5.92 Å². The summed E-state index contributed by atoms with van der Waals surface area (Å²) in [5.41, 5.74) is 1.45.